The van der Waals surface area contributed by atoms with Crippen LogP contribution in [0.15, 0.2) is 24.3 Å². The van der Waals surface area contributed by atoms with E-state index < -0.39 is 5.91 Å². The predicted octanol–water partition coefficient (Wildman–Crippen LogP) is 0.724. The molecule has 0 aliphatic heterocycles. The molecule has 5 nitrogen and oxygen atoms in total. The molecule has 1 aromatic carbocycles. The van der Waals surface area contributed by atoms with Crippen LogP contribution in [-0.4, -0.2) is 36.3 Å². The number of hydrogen-bond donors (Lipinski definition) is 2. The van der Waals surface area contributed by atoms with Gasteiger partial charge in [-0.15, -0.1) is 0 Å². The highest BCUT2D eigenvalue weighted by Crippen LogP contribution is 2.08. The van der Waals surface area contributed by atoms with Gasteiger partial charge in [-0.05, 0) is 30.7 Å². The maximum absolute atomic E-state index is 12.4. The van der Waals surface area contributed by atoms with Crippen molar-refractivity contribution in [3.63, 3.8) is 0 Å². The van der Waals surface area contributed by atoms with Gasteiger partial charge in [0.15, 0.2) is 0 Å². The summed E-state index contributed by atoms with van der Waals surface area (Å²) >= 11 is 0. The van der Waals surface area contributed by atoms with E-state index in [1.165, 1.54) is 4.90 Å². The smallest absolute Gasteiger partial charge is 0.254 e. The minimum Gasteiger partial charge on any atom is -0.368 e. The number of carbonyl (C=O) groups excluding carboxylic acids is 2. The molecular weight excluding hydrogens is 266 g/mol. The molecule has 0 unspecified atom stereocenters. The van der Waals surface area contributed by atoms with Gasteiger partial charge in [0.1, 0.15) is 0 Å². The predicted molar refractivity (Wildman–Crippen MR) is 82.4 cm³/mol. The minimum atomic E-state index is -0.509. The van der Waals surface area contributed by atoms with Crippen molar-refractivity contribution in [2.24, 2.45) is 11.5 Å². The second-order valence-corrected chi connectivity index (χ2v) is 4.63. The number of amides is 2. The van der Waals surface area contributed by atoms with Crippen LogP contribution in [0, 0.1) is 11.8 Å². The Kier molecular flexibility index (Phi) is 6.99. The Morgan fingerprint density at radius 2 is 1.90 bits per heavy atom. The molecular formula is C16H21N3O2. The molecule has 4 N–H and O–H groups in total. The van der Waals surface area contributed by atoms with Crippen molar-refractivity contribution in [2.45, 2.75) is 19.8 Å². The lowest BCUT2D eigenvalue weighted by molar-refractivity contribution is -0.118. The summed E-state index contributed by atoms with van der Waals surface area (Å²) in [7, 11) is 0. The van der Waals surface area contributed by atoms with Crippen LogP contribution in [0.3, 0.4) is 0 Å². The van der Waals surface area contributed by atoms with E-state index in [9.17, 15) is 9.59 Å². The van der Waals surface area contributed by atoms with Gasteiger partial charge in [-0.1, -0.05) is 25.2 Å². The Balaban J connectivity index is 2.84. The molecule has 0 saturated heterocycles. The number of unbranched alkanes of at least 4 members (excludes halogenated alkanes) is 1. The number of nitrogens with zero attached hydrogens (tertiary/aromatic N) is 1. The molecule has 5 heteroatoms. The van der Waals surface area contributed by atoms with E-state index in [-0.39, 0.29) is 12.5 Å². The van der Waals surface area contributed by atoms with Crippen LogP contribution >= 0.6 is 0 Å². The fraction of sp³-hybridized carbons (Fsp3) is 0.375. The summed E-state index contributed by atoms with van der Waals surface area (Å²) in [5, 5.41) is 0. The van der Waals surface area contributed by atoms with Crippen molar-refractivity contribution in [1.29, 1.82) is 0 Å². The average molecular weight is 287 g/mol. The van der Waals surface area contributed by atoms with Gasteiger partial charge in [-0.2, -0.15) is 0 Å². The maximum Gasteiger partial charge on any atom is 0.254 e. The molecule has 2 amide bonds. The van der Waals surface area contributed by atoms with E-state index >= 15 is 0 Å². The molecule has 0 atom stereocenters. The zero-order chi connectivity index (χ0) is 15.7. The Morgan fingerprint density at radius 1 is 1.24 bits per heavy atom. The molecule has 0 radical (unpaired) electrons. The standard InChI is InChI=1S/C16H21N3O2/c1-2-3-11-19(12-15(18)20)16(21)14-8-6-13(7-9-14)5-4-10-17/h6-9H,2-3,10-12,17H2,1H3,(H2,18,20). The SMILES string of the molecule is CCCCN(CC(N)=O)C(=O)c1ccc(C#CCN)cc1. The lowest BCUT2D eigenvalue weighted by Crippen LogP contribution is -2.39. The van der Waals surface area contributed by atoms with Gasteiger partial charge < -0.3 is 16.4 Å². The van der Waals surface area contributed by atoms with Crippen LogP contribution < -0.4 is 11.5 Å². The first-order valence-corrected chi connectivity index (χ1v) is 6.95. The molecule has 0 bridgehead atoms. The van der Waals surface area contributed by atoms with E-state index in [1.54, 1.807) is 24.3 Å². The molecule has 0 spiro atoms. The third-order valence-corrected chi connectivity index (χ3v) is 2.88. The summed E-state index contributed by atoms with van der Waals surface area (Å²) in [6.07, 6.45) is 1.77. The van der Waals surface area contributed by atoms with Crippen molar-refractivity contribution in [3.05, 3.63) is 35.4 Å². The Morgan fingerprint density at radius 3 is 2.43 bits per heavy atom. The lowest BCUT2D eigenvalue weighted by atomic mass is 10.1. The third kappa shape index (κ3) is 5.67. The first kappa shape index (κ1) is 16.7. The van der Waals surface area contributed by atoms with Gasteiger partial charge >= 0.3 is 0 Å². The Bertz CT molecular complexity index is 541. The average Bonchev–Trinajstić information content (AvgIpc) is 2.49. The number of benzene rings is 1. The van der Waals surface area contributed by atoms with Crippen LogP contribution in [0.4, 0.5) is 0 Å². The quantitative estimate of drug-likeness (QED) is 0.756. The molecule has 0 aromatic heterocycles. The van der Waals surface area contributed by atoms with Crippen molar-refractivity contribution in [2.75, 3.05) is 19.6 Å². The molecule has 0 fully saturated rings. The van der Waals surface area contributed by atoms with Crippen LogP contribution in [0.1, 0.15) is 35.7 Å². The van der Waals surface area contributed by atoms with E-state index in [1.807, 2.05) is 6.92 Å². The fourth-order valence-corrected chi connectivity index (χ4v) is 1.82. The fourth-order valence-electron chi connectivity index (χ4n) is 1.82. The largest absolute Gasteiger partial charge is 0.368 e. The van der Waals surface area contributed by atoms with E-state index in [4.69, 9.17) is 11.5 Å². The Labute approximate surface area is 125 Å². The normalized spacial score (nSPS) is 9.62. The first-order chi connectivity index (χ1) is 10.1. The van der Waals surface area contributed by atoms with Gasteiger partial charge in [-0.3, -0.25) is 9.59 Å². The topological polar surface area (TPSA) is 89.4 Å². The van der Waals surface area contributed by atoms with Gasteiger partial charge in [0.2, 0.25) is 5.91 Å². The Hall–Kier alpha value is -2.32. The van der Waals surface area contributed by atoms with Gasteiger partial charge in [-0.25, -0.2) is 0 Å². The monoisotopic (exact) mass is 287 g/mol. The number of carbonyl (C=O) groups is 2. The summed E-state index contributed by atoms with van der Waals surface area (Å²) in [5.74, 6) is 4.94. The van der Waals surface area contributed by atoms with Crippen LogP contribution in [0.2, 0.25) is 0 Å². The van der Waals surface area contributed by atoms with E-state index in [0.29, 0.717) is 18.7 Å². The number of rotatable bonds is 6. The van der Waals surface area contributed by atoms with Gasteiger partial charge in [0.05, 0.1) is 13.1 Å². The summed E-state index contributed by atoms with van der Waals surface area (Å²) in [4.78, 5) is 24.9. The first-order valence-electron chi connectivity index (χ1n) is 6.95. The van der Waals surface area contributed by atoms with Crippen molar-refractivity contribution in [3.8, 4) is 11.8 Å². The summed E-state index contributed by atoms with van der Waals surface area (Å²) in [6, 6.07) is 6.92. The molecule has 1 rings (SSSR count). The molecule has 0 aliphatic carbocycles. The highest BCUT2D eigenvalue weighted by molar-refractivity contribution is 5.96. The van der Waals surface area contributed by atoms with Crippen molar-refractivity contribution >= 4 is 11.8 Å². The molecule has 21 heavy (non-hydrogen) atoms. The van der Waals surface area contributed by atoms with Crippen LogP contribution in [0.5, 0.6) is 0 Å². The second-order valence-electron chi connectivity index (χ2n) is 4.63. The highest BCUT2D eigenvalue weighted by atomic mass is 16.2. The third-order valence-electron chi connectivity index (χ3n) is 2.88. The van der Waals surface area contributed by atoms with E-state index in [0.717, 1.165) is 18.4 Å². The highest BCUT2D eigenvalue weighted by Gasteiger charge is 2.16. The molecule has 112 valence electrons. The van der Waals surface area contributed by atoms with Gasteiger partial charge in [0, 0.05) is 17.7 Å². The molecule has 0 aliphatic rings. The zero-order valence-corrected chi connectivity index (χ0v) is 12.3. The van der Waals surface area contributed by atoms with E-state index in [2.05, 4.69) is 11.8 Å². The van der Waals surface area contributed by atoms with Crippen LogP contribution in [0.25, 0.3) is 0 Å². The number of hydrogen-bond acceptors (Lipinski definition) is 3. The van der Waals surface area contributed by atoms with Crippen molar-refractivity contribution in [1.82, 2.24) is 4.90 Å². The summed E-state index contributed by atoms with van der Waals surface area (Å²) in [5.41, 5.74) is 11.8. The maximum atomic E-state index is 12.4. The summed E-state index contributed by atoms with van der Waals surface area (Å²) < 4.78 is 0. The zero-order valence-electron chi connectivity index (χ0n) is 12.3. The molecule has 1 aromatic rings. The van der Waals surface area contributed by atoms with Crippen LogP contribution in [-0.2, 0) is 4.79 Å². The number of primary amides is 1. The van der Waals surface area contributed by atoms with Gasteiger partial charge in [0.25, 0.3) is 5.91 Å². The number of nitrogens with two attached hydrogens (primary N) is 2. The lowest BCUT2D eigenvalue weighted by Gasteiger charge is -2.21. The second kappa shape index (κ2) is 8.77. The minimum absolute atomic E-state index is 0.0619. The molecule has 0 saturated carbocycles. The summed E-state index contributed by atoms with van der Waals surface area (Å²) in [6.45, 7) is 2.78. The molecule has 0 heterocycles. The van der Waals surface area contributed by atoms with Crippen molar-refractivity contribution < 1.29 is 9.59 Å².